The van der Waals surface area contributed by atoms with Crippen LogP contribution in [0.2, 0.25) is 0 Å². The number of nitrogens with two attached hydrogens (primary N) is 1. The van der Waals surface area contributed by atoms with Gasteiger partial charge in [-0.2, -0.15) is 5.10 Å². The summed E-state index contributed by atoms with van der Waals surface area (Å²) in [7, 11) is 0. The number of amides is 1. The van der Waals surface area contributed by atoms with Crippen LogP contribution < -0.4 is 15.8 Å². The number of rotatable bonds is 7. The Hall–Kier alpha value is -3.19. The molecule has 0 aliphatic heterocycles. The molecule has 1 unspecified atom stereocenters. The van der Waals surface area contributed by atoms with Crippen molar-refractivity contribution in [2.75, 3.05) is 5.32 Å². The van der Waals surface area contributed by atoms with Crippen molar-refractivity contribution in [2.24, 2.45) is 5.73 Å². The fourth-order valence-electron chi connectivity index (χ4n) is 2.67. The van der Waals surface area contributed by atoms with Gasteiger partial charge in [0.05, 0.1) is 6.54 Å². The van der Waals surface area contributed by atoms with Crippen molar-refractivity contribution in [3.63, 3.8) is 0 Å². The second kappa shape index (κ2) is 8.67. The third kappa shape index (κ3) is 4.75. The number of nitrogens with zero attached hydrogens (tertiary/aromatic N) is 2. The van der Waals surface area contributed by atoms with Crippen LogP contribution >= 0.6 is 0 Å². The van der Waals surface area contributed by atoms with Gasteiger partial charge < -0.3 is 15.8 Å². The summed E-state index contributed by atoms with van der Waals surface area (Å²) in [6.07, 6.45) is -0.623. The predicted octanol–water partition coefficient (Wildman–Crippen LogP) is 3.46. The summed E-state index contributed by atoms with van der Waals surface area (Å²) < 4.78 is 5.80. The van der Waals surface area contributed by atoms with E-state index in [0.29, 0.717) is 35.5 Å². The number of H-pyrrole nitrogens is 1. The summed E-state index contributed by atoms with van der Waals surface area (Å²) in [6, 6.07) is 15.1. The van der Waals surface area contributed by atoms with E-state index < -0.39 is 6.10 Å². The maximum atomic E-state index is 12.5. The molecule has 2 aromatic carbocycles. The standard InChI is InChI=1S/C21H25N5O2/c1-13(2)16-5-4-6-18(11-16)28-14(3)21(27)23-17-9-7-15(8-10-17)20-24-19(12-22)25-26-20/h4-11,13-14H,12,22H2,1-3H3,(H,23,27)(H,24,25,26). The minimum atomic E-state index is -0.623. The van der Waals surface area contributed by atoms with Crippen LogP contribution in [0.5, 0.6) is 5.75 Å². The molecular weight excluding hydrogens is 354 g/mol. The Labute approximate surface area is 164 Å². The lowest BCUT2D eigenvalue weighted by Crippen LogP contribution is -2.30. The van der Waals surface area contributed by atoms with Gasteiger partial charge in [-0.05, 0) is 54.8 Å². The summed E-state index contributed by atoms with van der Waals surface area (Å²) in [5, 5.41) is 9.76. The fourth-order valence-corrected chi connectivity index (χ4v) is 2.67. The van der Waals surface area contributed by atoms with E-state index in [2.05, 4.69) is 40.4 Å². The first-order valence-corrected chi connectivity index (χ1v) is 9.25. The molecule has 7 heteroatoms. The number of nitrogens with one attached hydrogen (secondary N) is 2. The maximum absolute atomic E-state index is 12.5. The number of carbonyl (C=O) groups excluding carboxylic acids is 1. The predicted molar refractivity (Wildman–Crippen MR) is 109 cm³/mol. The number of aromatic amines is 1. The van der Waals surface area contributed by atoms with Gasteiger partial charge in [0.2, 0.25) is 0 Å². The number of carbonyl (C=O) groups is 1. The molecule has 7 nitrogen and oxygen atoms in total. The summed E-state index contributed by atoms with van der Waals surface area (Å²) in [5.41, 5.74) is 8.22. The van der Waals surface area contributed by atoms with E-state index in [1.165, 1.54) is 5.56 Å². The molecule has 0 spiro atoms. The van der Waals surface area contributed by atoms with E-state index in [0.717, 1.165) is 5.56 Å². The highest BCUT2D eigenvalue weighted by Gasteiger charge is 2.15. The molecule has 0 radical (unpaired) electrons. The third-order valence-electron chi connectivity index (χ3n) is 4.34. The Bertz CT molecular complexity index is 934. The van der Waals surface area contributed by atoms with Crippen molar-refractivity contribution >= 4 is 11.6 Å². The zero-order chi connectivity index (χ0) is 20.1. The Morgan fingerprint density at radius 3 is 2.57 bits per heavy atom. The average Bonchev–Trinajstić information content (AvgIpc) is 3.18. The molecule has 0 bridgehead atoms. The van der Waals surface area contributed by atoms with Gasteiger partial charge in [-0.15, -0.1) is 0 Å². The smallest absolute Gasteiger partial charge is 0.265 e. The molecule has 1 aromatic heterocycles. The van der Waals surface area contributed by atoms with E-state index in [1.807, 2.05) is 30.3 Å². The molecule has 28 heavy (non-hydrogen) atoms. The van der Waals surface area contributed by atoms with Gasteiger partial charge in [0, 0.05) is 11.3 Å². The topological polar surface area (TPSA) is 106 Å². The molecule has 0 saturated heterocycles. The molecular formula is C21H25N5O2. The second-order valence-corrected chi connectivity index (χ2v) is 6.86. The van der Waals surface area contributed by atoms with Crippen molar-refractivity contribution in [1.82, 2.24) is 15.2 Å². The van der Waals surface area contributed by atoms with E-state index in [-0.39, 0.29) is 5.91 Å². The number of hydrogen-bond acceptors (Lipinski definition) is 5. The van der Waals surface area contributed by atoms with Crippen LogP contribution in [-0.2, 0) is 11.3 Å². The molecule has 1 amide bonds. The third-order valence-corrected chi connectivity index (χ3v) is 4.34. The highest BCUT2D eigenvalue weighted by Crippen LogP contribution is 2.22. The molecule has 3 rings (SSSR count). The van der Waals surface area contributed by atoms with Gasteiger partial charge >= 0.3 is 0 Å². The van der Waals surface area contributed by atoms with Crippen molar-refractivity contribution in [3.05, 3.63) is 59.9 Å². The minimum Gasteiger partial charge on any atom is -0.481 e. The van der Waals surface area contributed by atoms with Crippen molar-refractivity contribution in [1.29, 1.82) is 0 Å². The van der Waals surface area contributed by atoms with Crippen molar-refractivity contribution in [3.8, 4) is 17.1 Å². The lowest BCUT2D eigenvalue weighted by molar-refractivity contribution is -0.122. The summed E-state index contributed by atoms with van der Waals surface area (Å²) in [6.45, 7) is 6.27. The van der Waals surface area contributed by atoms with Crippen molar-refractivity contribution in [2.45, 2.75) is 39.3 Å². The zero-order valence-electron chi connectivity index (χ0n) is 16.3. The fraction of sp³-hybridized carbons (Fsp3) is 0.286. The van der Waals surface area contributed by atoms with E-state index in [4.69, 9.17) is 10.5 Å². The number of anilines is 1. The molecule has 1 atom stereocenters. The average molecular weight is 379 g/mol. The highest BCUT2D eigenvalue weighted by molar-refractivity contribution is 5.94. The Balaban J connectivity index is 1.61. The van der Waals surface area contributed by atoms with Gasteiger partial charge in [0.15, 0.2) is 11.9 Å². The van der Waals surface area contributed by atoms with Gasteiger partial charge in [-0.25, -0.2) is 4.98 Å². The first-order chi connectivity index (χ1) is 13.5. The van der Waals surface area contributed by atoms with Crippen LogP contribution in [0.15, 0.2) is 48.5 Å². The quantitative estimate of drug-likeness (QED) is 0.583. The van der Waals surface area contributed by atoms with E-state index >= 15 is 0 Å². The summed E-state index contributed by atoms with van der Waals surface area (Å²) >= 11 is 0. The summed E-state index contributed by atoms with van der Waals surface area (Å²) in [4.78, 5) is 16.7. The molecule has 1 heterocycles. The first kappa shape index (κ1) is 19.6. The van der Waals surface area contributed by atoms with Gasteiger partial charge in [0.1, 0.15) is 11.6 Å². The van der Waals surface area contributed by atoms with Gasteiger partial charge in [0.25, 0.3) is 5.91 Å². The van der Waals surface area contributed by atoms with Crippen LogP contribution in [0, 0.1) is 0 Å². The molecule has 0 aliphatic rings. The number of aromatic nitrogens is 3. The largest absolute Gasteiger partial charge is 0.481 e. The van der Waals surface area contributed by atoms with Crippen molar-refractivity contribution < 1.29 is 9.53 Å². The Morgan fingerprint density at radius 2 is 1.93 bits per heavy atom. The zero-order valence-corrected chi connectivity index (χ0v) is 16.3. The Kier molecular flexibility index (Phi) is 6.06. The first-order valence-electron chi connectivity index (χ1n) is 9.25. The van der Waals surface area contributed by atoms with E-state index in [9.17, 15) is 4.79 Å². The highest BCUT2D eigenvalue weighted by atomic mass is 16.5. The number of benzene rings is 2. The Morgan fingerprint density at radius 1 is 1.18 bits per heavy atom. The SMILES string of the molecule is CC(Oc1cccc(C(C)C)c1)C(=O)Nc1ccc(-c2n[nH]c(CN)n2)cc1. The van der Waals surface area contributed by atoms with Gasteiger partial charge in [-0.1, -0.05) is 26.0 Å². The molecule has 0 aliphatic carbocycles. The van der Waals surface area contributed by atoms with Gasteiger partial charge in [-0.3, -0.25) is 9.89 Å². The summed E-state index contributed by atoms with van der Waals surface area (Å²) in [5.74, 6) is 2.06. The van der Waals surface area contributed by atoms with Crippen LogP contribution in [0.4, 0.5) is 5.69 Å². The molecule has 4 N–H and O–H groups in total. The molecule has 0 saturated carbocycles. The number of ether oxygens (including phenoxy) is 1. The molecule has 0 fully saturated rings. The van der Waals surface area contributed by atoms with Crippen LogP contribution in [-0.4, -0.2) is 27.2 Å². The lowest BCUT2D eigenvalue weighted by Gasteiger charge is -2.16. The molecule has 3 aromatic rings. The second-order valence-electron chi connectivity index (χ2n) is 6.86. The van der Waals surface area contributed by atoms with E-state index in [1.54, 1.807) is 19.1 Å². The van der Waals surface area contributed by atoms with Crippen LogP contribution in [0.1, 0.15) is 38.1 Å². The molecule has 146 valence electrons. The minimum absolute atomic E-state index is 0.217. The normalized spacial score (nSPS) is 12.0. The van der Waals surface area contributed by atoms with Crippen LogP contribution in [0.3, 0.4) is 0 Å². The number of hydrogen-bond donors (Lipinski definition) is 3. The maximum Gasteiger partial charge on any atom is 0.265 e. The monoisotopic (exact) mass is 379 g/mol. The van der Waals surface area contributed by atoms with Crippen LogP contribution in [0.25, 0.3) is 11.4 Å². The lowest BCUT2D eigenvalue weighted by atomic mass is 10.0.